The van der Waals surface area contributed by atoms with Crippen molar-refractivity contribution in [2.45, 2.75) is 13.8 Å². The number of hydrogen-bond acceptors (Lipinski definition) is 4. The normalized spacial score (nSPS) is 11.5. The van der Waals surface area contributed by atoms with E-state index in [1.165, 1.54) is 10.8 Å². The molecule has 6 heteroatoms. The zero-order valence-electron chi connectivity index (χ0n) is 9.52. The van der Waals surface area contributed by atoms with E-state index < -0.39 is 5.56 Å². The van der Waals surface area contributed by atoms with Crippen molar-refractivity contribution in [3.05, 3.63) is 20.7 Å². The second kappa shape index (κ2) is 5.07. The van der Waals surface area contributed by atoms with Crippen LogP contribution in [-0.2, 0) is 7.05 Å². The standard InChI is InChI=1S/C10H15N3O2S/c1-6(2)4-11-5-7-8(14)12-10(16)13(3)9(7)15/h5-6,15H,4H2,1-3H3,(H,12,14,16). The third-order valence-electron chi connectivity index (χ3n) is 2.02. The second-order valence-electron chi connectivity index (χ2n) is 3.94. The highest BCUT2D eigenvalue weighted by molar-refractivity contribution is 7.71. The van der Waals surface area contributed by atoms with Crippen LogP contribution in [-0.4, -0.2) is 27.4 Å². The van der Waals surface area contributed by atoms with Gasteiger partial charge in [0.05, 0.1) is 0 Å². The van der Waals surface area contributed by atoms with Gasteiger partial charge in [0.2, 0.25) is 5.88 Å². The van der Waals surface area contributed by atoms with Gasteiger partial charge in [0, 0.05) is 19.8 Å². The van der Waals surface area contributed by atoms with E-state index in [2.05, 4.69) is 9.98 Å². The molecule has 1 aromatic heterocycles. The maximum absolute atomic E-state index is 11.5. The van der Waals surface area contributed by atoms with Gasteiger partial charge in [0.1, 0.15) is 5.56 Å². The fraction of sp³-hybridized carbons (Fsp3) is 0.500. The monoisotopic (exact) mass is 241 g/mol. The molecule has 1 rings (SSSR count). The van der Waals surface area contributed by atoms with E-state index in [1.807, 2.05) is 13.8 Å². The Morgan fingerprint density at radius 3 is 2.81 bits per heavy atom. The van der Waals surface area contributed by atoms with Crippen LogP contribution in [0.1, 0.15) is 19.4 Å². The Hall–Kier alpha value is -1.43. The van der Waals surface area contributed by atoms with Gasteiger partial charge in [0.25, 0.3) is 5.56 Å². The molecule has 0 atom stereocenters. The summed E-state index contributed by atoms with van der Waals surface area (Å²) >= 11 is 4.84. The lowest BCUT2D eigenvalue weighted by atomic mass is 10.2. The first-order valence-corrected chi connectivity index (χ1v) is 5.36. The van der Waals surface area contributed by atoms with E-state index in [9.17, 15) is 9.90 Å². The molecule has 0 spiro atoms. The lowest BCUT2D eigenvalue weighted by Crippen LogP contribution is -2.17. The van der Waals surface area contributed by atoms with Gasteiger partial charge in [-0.05, 0) is 18.1 Å². The summed E-state index contributed by atoms with van der Waals surface area (Å²) in [6.07, 6.45) is 1.38. The predicted molar refractivity (Wildman–Crippen MR) is 65.8 cm³/mol. The second-order valence-corrected chi connectivity index (χ2v) is 4.33. The van der Waals surface area contributed by atoms with E-state index in [0.29, 0.717) is 12.5 Å². The first-order valence-electron chi connectivity index (χ1n) is 4.95. The number of hydrogen-bond donors (Lipinski definition) is 2. The van der Waals surface area contributed by atoms with E-state index in [1.54, 1.807) is 7.05 Å². The molecule has 0 aliphatic heterocycles. The van der Waals surface area contributed by atoms with Gasteiger partial charge in [-0.1, -0.05) is 13.8 Å². The maximum atomic E-state index is 11.5. The number of aliphatic imine (C=N–C) groups is 1. The Bertz CT molecular complexity index is 514. The average Bonchev–Trinajstić information content (AvgIpc) is 2.19. The lowest BCUT2D eigenvalue weighted by molar-refractivity contribution is 0.420. The van der Waals surface area contributed by atoms with E-state index in [-0.39, 0.29) is 16.2 Å². The molecule has 5 nitrogen and oxygen atoms in total. The zero-order chi connectivity index (χ0) is 12.3. The molecule has 0 fully saturated rings. The van der Waals surface area contributed by atoms with Crippen molar-refractivity contribution >= 4 is 18.4 Å². The van der Waals surface area contributed by atoms with Crippen molar-refractivity contribution < 1.29 is 5.11 Å². The molecule has 2 N–H and O–H groups in total. The van der Waals surface area contributed by atoms with Gasteiger partial charge < -0.3 is 5.11 Å². The molecule has 0 aliphatic rings. The molecule has 0 aliphatic carbocycles. The van der Waals surface area contributed by atoms with Crippen LogP contribution in [0.4, 0.5) is 0 Å². The van der Waals surface area contributed by atoms with Crippen molar-refractivity contribution in [2.75, 3.05) is 6.54 Å². The van der Waals surface area contributed by atoms with Gasteiger partial charge in [0.15, 0.2) is 4.77 Å². The highest BCUT2D eigenvalue weighted by atomic mass is 32.1. The average molecular weight is 241 g/mol. The Labute approximate surface area is 98.5 Å². The Kier molecular flexibility index (Phi) is 4.00. The molecule has 1 heterocycles. The number of aromatic hydroxyl groups is 1. The first-order chi connectivity index (χ1) is 7.43. The van der Waals surface area contributed by atoms with Crippen LogP contribution in [0, 0.1) is 10.7 Å². The van der Waals surface area contributed by atoms with Crippen LogP contribution in [0.2, 0.25) is 0 Å². The molecule has 0 radical (unpaired) electrons. The molecular formula is C10H15N3O2S. The third kappa shape index (κ3) is 2.79. The zero-order valence-corrected chi connectivity index (χ0v) is 10.3. The van der Waals surface area contributed by atoms with E-state index in [0.717, 1.165) is 0 Å². The summed E-state index contributed by atoms with van der Waals surface area (Å²) in [6.45, 7) is 4.65. The highest BCUT2D eigenvalue weighted by Gasteiger charge is 2.07. The maximum Gasteiger partial charge on any atom is 0.264 e. The number of aromatic nitrogens is 2. The molecule has 16 heavy (non-hydrogen) atoms. The summed E-state index contributed by atoms with van der Waals surface area (Å²) in [7, 11) is 1.58. The van der Waals surface area contributed by atoms with Gasteiger partial charge in [-0.25, -0.2) is 0 Å². The van der Waals surface area contributed by atoms with Gasteiger partial charge in [-0.2, -0.15) is 0 Å². The number of nitrogens with zero attached hydrogens (tertiary/aromatic N) is 2. The Morgan fingerprint density at radius 2 is 2.25 bits per heavy atom. The number of nitrogens with one attached hydrogen (secondary N) is 1. The quantitative estimate of drug-likeness (QED) is 0.617. The summed E-state index contributed by atoms with van der Waals surface area (Å²) in [5, 5.41) is 9.71. The number of aromatic amines is 1. The van der Waals surface area contributed by atoms with Crippen molar-refractivity contribution in [2.24, 2.45) is 18.0 Å². The summed E-state index contributed by atoms with van der Waals surface area (Å²) in [4.78, 5) is 18.0. The lowest BCUT2D eigenvalue weighted by Gasteiger charge is -2.04. The van der Waals surface area contributed by atoms with Crippen molar-refractivity contribution in [1.82, 2.24) is 9.55 Å². The van der Waals surface area contributed by atoms with Crippen LogP contribution >= 0.6 is 12.2 Å². The third-order valence-corrected chi connectivity index (χ3v) is 2.40. The molecule has 1 aromatic rings. The number of H-pyrrole nitrogens is 1. The largest absolute Gasteiger partial charge is 0.494 e. The van der Waals surface area contributed by atoms with Crippen molar-refractivity contribution in [3.63, 3.8) is 0 Å². The Balaban J connectivity index is 3.15. The summed E-state index contributed by atoms with van der Waals surface area (Å²) in [6, 6.07) is 0. The van der Waals surface area contributed by atoms with Crippen LogP contribution in [0.15, 0.2) is 9.79 Å². The molecule has 0 saturated heterocycles. The fourth-order valence-electron chi connectivity index (χ4n) is 1.10. The summed E-state index contributed by atoms with van der Waals surface area (Å²) < 4.78 is 1.51. The molecule has 88 valence electrons. The molecular weight excluding hydrogens is 226 g/mol. The van der Waals surface area contributed by atoms with Gasteiger partial charge >= 0.3 is 0 Å². The van der Waals surface area contributed by atoms with Crippen molar-refractivity contribution in [1.29, 1.82) is 0 Å². The minimum absolute atomic E-state index is 0.136. The van der Waals surface area contributed by atoms with Gasteiger partial charge in [-0.3, -0.25) is 19.3 Å². The van der Waals surface area contributed by atoms with Crippen LogP contribution < -0.4 is 5.56 Å². The predicted octanol–water partition coefficient (Wildman–Crippen LogP) is 1.22. The highest BCUT2D eigenvalue weighted by Crippen LogP contribution is 2.08. The van der Waals surface area contributed by atoms with Crippen molar-refractivity contribution in [3.8, 4) is 5.88 Å². The first kappa shape index (κ1) is 12.6. The minimum atomic E-state index is -0.423. The minimum Gasteiger partial charge on any atom is -0.494 e. The molecule has 0 bridgehead atoms. The number of rotatable bonds is 3. The summed E-state index contributed by atoms with van der Waals surface area (Å²) in [5.74, 6) is 0.241. The summed E-state index contributed by atoms with van der Waals surface area (Å²) in [5.41, 5.74) is -0.287. The fourth-order valence-corrected chi connectivity index (χ4v) is 1.28. The molecule has 0 amide bonds. The topological polar surface area (TPSA) is 70.4 Å². The van der Waals surface area contributed by atoms with Crippen LogP contribution in [0.3, 0.4) is 0 Å². The van der Waals surface area contributed by atoms with E-state index >= 15 is 0 Å². The molecule has 0 saturated carbocycles. The van der Waals surface area contributed by atoms with Crippen LogP contribution in [0.25, 0.3) is 0 Å². The molecule has 0 unspecified atom stereocenters. The van der Waals surface area contributed by atoms with Crippen LogP contribution in [0.5, 0.6) is 5.88 Å². The van der Waals surface area contributed by atoms with Gasteiger partial charge in [-0.15, -0.1) is 0 Å². The SMILES string of the molecule is CC(C)CN=Cc1c(O)n(C)c(=S)[nH]c1=O. The smallest absolute Gasteiger partial charge is 0.264 e. The van der Waals surface area contributed by atoms with E-state index in [4.69, 9.17) is 12.2 Å². The molecule has 0 aromatic carbocycles. The Morgan fingerprint density at radius 1 is 1.62 bits per heavy atom.